The van der Waals surface area contributed by atoms with Gasteiger partial charge in [-0.05, 0) is 25.3 Å². The first-order valence-corrected chi connectivity index (χ1v) is 8.69. The molecule has 1 unspecified atom stereocenters. The Labute approximate surface area is 144 Å². The van der Waals surface area contributed by atoms with Crippen LogP contribution in [0.5, 0.6) is 0 Å². The fraction of sp³-hybridized carbons (Fsp3) is 0.500. The van der Waals surface area contributed by atoms with Crippen LogP contribution in [0.15, 0.2) is 29.1 Å². The minimum Gasteiger partial charge on any atom is -0.335 e. The van der Waals surface area contributed by atoms with E-state index in [-0.39, 0.29) is 24.7 Å². The number of benzene rings is 1. The van der Waals surface area contributed by atoms with Crippen LogP contribution in [0.3, 0.4) is 0 Å². The zero-order chi connectivity index (χ0) is 17.6. The SMILES string of the molecule is Cc1ccc(Cn2nc3n(c2=O)C(C(=O)N2CC(F)C2)CCC3)cc1. The molecule has 0 bridgehead atoms. The number of alkyl halides is 1. The van der Waals surface area contributed by atoms with Crippen LogP contribution in [-0.2, 0) is 17.8 Å². The second-order valence-electron chi connectivity index (χ2n) is 6.96. The van der Waals surface area contributed by atoms with Crippen molar-refractivity contribution in [3.8, 4) is 0 Å². The largest absolute Gasteiger partial charge is 0.346 e. The van der Waals surface area contributed by atoms with E-state index in [1.807, 2.05) is 31.2 Å². The summed E-state index contributed by atoms with van der Waals surface area (Å²) < 4.78 is 16.0. The Morgan fingerprint density at radius 2 is 2.00 bits per heavy atom. The number of rotatable bonds is 3. The number of carbonyl (C=O) groups is 1. The first-order valence-electron chi connectivity index (χ1n) is 8.69. The quantitative estimate of drug-likeness (QED) is 0.847. The second kappa shape index (κ2) is 6.13. The summed E-state index contributed by atoms with van der Waals surface area (Å²) in [5.74, 6) is 0.492. The van der Waals surface area contributed by atoms with E-state index >= 15 is 0 Å². The molecule has 7 heteroatoms. The Bertz CT molecular complexity index is 849. The van der Waals surface area contributed by atoms with Crippen molar-refractivity contribution in [1.29, 1.82) is 0 Å². The van der Waals surface area contributed by atoms with Crippen molar-refractivity contribution in [2.75, 3.05) is 13.1 Å². The highest BCUT2D eigenvalue weighted by Crippen LogP contribution is 2.26. The summed E-state index contributed by atoms with van der Waals surface area (Å²) in [6.45, 7) is 2.67. The van der Waals surface area contributed by atoms with E-state index < -0.39 is 12.2 Å². The molecule has 2 aliphatic rings. The van der Waals surface area contributed by atoms with E-state index in [0.717, 1.165) is 17.5 Å². The van der Waals surface area contributed by atoms with Crippen LogP contribution in [0.4, 0.5) is 4.39 Å². The predicted octanol–water partition coefficient (Wildman–Crippen LogP) is 1.46. The summed E-state index contributed by atoms with van der Waals surface area (Å²) in [6.07, 6.45) is 1.17. The summed E-state index contributed by atoms with van der Waals surface area (Å²) in [4.78, 5) is 26.9. The highest BCUT2D eigenvalue weighted by atomic mass is 19.1. The van der Waals surface area contributed by atoms with E-state index in [1.54, 1.807) is 0 Å². The monoisotopic (exact) mass is 344 g/mol. The Morgan fingerprint density at radius 1 is 1.28 bits per heavy atom. The average Bonchev–Trinajstić information content (AvgIpc) is 2.89. The van der Waals surface area contributed by atoms with Crippen LogP contribution in [0.2, 0.25) is 0 Å². The van der Waals surface area contributed by atoms with Gasteiger partial charge in [-0.1, -0.05) is 29.8 Å². The van der Waals surface area contributed by atoms with Crippen molar-refractivity contribution in [3.05, 3.63) is 51.7 Å². The zero-order valence-electron chi connectivity index (χ0n) is 14.2. The fourth-order valence-electron chi connectivity index (χ4n) is 3.55. The second-order valence-corrected chi connectivity index (χ2v) is 6.96. The minimum atomic E-state index is -0.937. The van der Waals surface area contributed by atoms with E-state index in [0.29, 0.717) is 25.2 Å². The molecule has 4 rings (SSSR count). The van der Waals surface area contributed by atoms with Gasteiger partial charge in [-0.3, -0.25) is 9.36 Å². The van der Waals surface area contributed by atoms with Gasteiger partial charge in [-0.15, -0.1) is 0 Å². The molecule has 1 aromatic carbocycles. The van der Waals surface area contributed by atoms with E-state index in [2.05, 4.69) is 5.10 Å². The topological polar surface area (TPSA) is 60.1 Å². The number of aromatic nitrogens is 3. The van der Waals surface area contributed by atoms with Crippen molar-refractivity contribution >= 4 is 5.91 Å². The molecule has 132 valence electrons. The molecule has 1 atom stereocenters. The minimum absolute atomic E-state index is 0.136. The number of fused-ring (bicyclic) bond motifs is 1. The summed E-state index contributed by atoms with van der Waals surface area (Å²) in [7, 11) is 0. The number of hydrogen-bond acceptors (Lipinski definition) is 3. The van der Waals surface area contributed by atoms with Crippen molar-refractivity contribution in [2.45, 2.75) is 44.9 Å². The van der Waals surface area contributed by atoms with Gasteiger partial charge in [0, 0.05) is 6.42 Å². The molecule has 25 heavy (non-hydrogen) atoms. The van der Waals surface area contributed by atoms with Crippen LogP contribution >= 0.6 is 0 Å². The number of halogens is 1. The lowest BCUT2D eigenvalue weighted by molar-refractivity contribution is -0.142. The smallest absolute Gasteiger partial charge is 0.335 e. The lowest BCUT2D eigenvalue weighted by Crippen LogP contribution is -2.54. The third kappa shape index (κ3) is 2.88. The Hall–Kier alpha value is -2.44. The van der Waals surface area contributed by atoms with Crippen LogP contribution in [0.1, 0.15) is 35.8 Å². The summed E-state index contributed by atoms with van der Waals surface area (Å²) in [5, 5.41) is 4.44. The molecule has 1 amide bonds. The van der Waals surface area contributed by atoms with Gasteiger partial charge in [0.25, 0.3) is 0 Å². The molecular weight excluding hydrogens is 323 g/mol. The fourth-order valence-corrected chi connectivity index (χ4v) is 3.55. The van der Waals surface area contributed by atoms with Crippen LogP contribution < -0.4 is 5.69 Å². The summed E-state index contributed by atoms with van der Waals surface area (Å²) >= 11 is 0. The summed E-state index contributed by atoms with van der Waals surface area (Å²) in [5.41, 5.74) is 1.89. The van der Waals surface area contributed by atoms with Crippen molar-refractivity contribution in [3.63, 3.8) is 0 Å². The number of carbonyl (C=O) groups excluding carboxylic acids is 1. The zero-order valence-corrected chi connectivity index (χ0v) is 14.2. The number of amides is 1. The number of aryl methyl sites for hydroxylation is 2. The van der Waals surface area contributed by atoms with Gasteiger partial charge >= 0.3 is 5.69 Å². The predicted molar refractivity (Wildman–Crippen MR) is 90.2 cm³/mol. The highest BCUT2D eigenvalue weighted by molar-refractivity contribution is 5.81. The molecule has 0 saturated carbocycles. The van der Waals surface area contributed by atoms with Crippen LogP contribution in [0.25, 0.3) is 0 Å². The molecule has 3 heterocycles. The van der Waals surface area contributed by atoms with Gasteiger partial charge in [0.2, 0.25) is 5.91 Å². The van der Waals surface area contributed by atoms with Crippen molar-refractivity contribution < 1.29 is 9.18 Å². The molecule has 2 aliphatic heterocycles. The molecular formula is C18H21FN4O2. The first kappa shape index (κ1) is 16.1. The maximum absolute atomic E-state index is 13.1. The molecule has 0 spiro atoms. The van der Waals surface area contributed by atoms with Gasteiger partial charge in [0.1, 0.15) is 18.0 Å². The van der Waals surface area contributed by atoms with Crippen LogP contribution in [-0.4, -0.2) is 44.4 Å². The highest BCUT2D eigenvalue weighted by Gasteiger charge is 2.38. The van der Waals surface area contributed by atoms with E-state index in [1.165, 1.54) is 14.1 Å². The molecule has 1 saturated heterocycles. The normalized spacial score (nSPS) is 20.2. The third-order valence-electron chi connectivity index (χ3n) is 5.02. The molecule has 0 N–H and O–H groups in total. The summed E-state index contributed by atoms with van der Waals surface area (Å²) in [6, 6.07) is 7.41. The van der Waals surface area contributed by atoms with Crippen molar-refractivity contribution in [1.82, 2.24) is 19.2 Å². The van der Waals surface area contributed by atoms with Crippen molar-refractivity contribution in [2.24, 2.45) is 0 Å². The number of hydrogen-bond donors (Lipinski definition) is 0. The van der Waals surface area contributed by atoms with Gasteiger partial charge in [0.05, 0.1) is 19.6 Å². The molecule has 6 nitrogen and oxygen atoms in total. The van der Waals surface area contributed by atoms with E-state index in [4.69, 9.17) is 0 Å². The maximum Gasteiger partial charge on any atom is 0.346 e. The Kier molecular flexibility index (Phi) is 3.94. The van der Waals surface area contributed by atoms with E-state index in [9.17, 15) is 14.0 Å². The Morgan fingerprint density at radius 3 is 2.68 bits per heavy atom. The van der Waals surface area contributed by atoms with Gasteiger partial charge in [-0.2, -0.15) is 5.10 Å². The van der Waals surface area contributed by atoms with Gasteiger partial charge in [0.15, 0.2) is 0 Å². The lowest BCUT2D eigenvalue weighted by Gasteiger charge is -2.37. The maximum atomic E-state index is 13.1. The molecule has 0 radical (unpaired) electrons. The lowest BCUT2D eigenvalue weighted by atomic mass is 10.0. The average molecular weight is 344 g/mol. The van der Waals surface area contributed by atoms with Gasteiger partial charge in [-0.25, -0.2) is 13.9 Å². The molecule has 2 aromatic rings. The number of likely N-dealkylation sites (tertiary alicyclic amines) is 1. The first-order chi connectivity index (χ1) is 12.0. The third-order valence-corrected chi connectivity index (χ3v) is 5.02. The van der Waals surface area contributed by atoms with Crippen LogP contribution in [0, 0.1) is 6.92 Å². The molecule has 0 aliphatic carbocycles. The standard InChI is InChI=1S/C18H21FN4O2/c1-12-5-7-13(8-6-12)9-22-18(25)23-15(3-2-4-16(23)20-22)17(24)21-10-14(19)11-21/h5-8,14-15H,2-4,9-11H2,1H3. The van der Waals surface area contributed by atoms with Gasteiger partial charge < -0.3 is 4.90 Å². The molecule has 1 aromatic heterocycles. The molecule has 1 fully saturated rings. The number of nitrogens with zero attached hydrogens (tertiary/aromatic N) is 4. The Balaban J connectivity index is 1.61.